The highest BCUT2D eigenvalue weighted by atomic mass is 16.5. The SMILES string of the molecule is CCOC(=O)c1c(C)cc(O)cc1O.O=C(Nc1ccccc1)Nc1ccccc1. The molecule has 0 heterocycles. The molecule has 7 heteroatoms. The molecule has 3 aromatic rings. The Balaban J connectivity index is 0.000000216. The van der Waals surface area contributed by atoms with Gasteiger partial charge >= 0.3 is 12.0 Å². The van der Waals surface area contributed by atoms with Gasteiger partial charge in [0.25, 0.3) is 0 Å². The maximum Gasteiger partial charge on any atom is 0.342 e. The van der Waals surface area contributed by atoms with E-state index in [4.69, 9.17) is 9.84 Å². The number of para-hydroxylation sites is 2. The van der Waals surface area contributed by atoms with Gasteiger partial charge < -0.3 is 25.6 Å². The van der Waals surface area contributed by atoms with Crippen LogP contribution in [0.25, 0.3) is 0 Å². The van der Waals surface area contributed by atoms with Crippen molar-refractivity contribution in [3.63, 3.8) is 0 Å². The van der Waals surface area contributed by atoms with E-state index in [9.17, 15) is 14.7 Å². The number of hydrogen-bond donors (Lipinski definition) is 4. The molecule has 0 fully saturated rings. The number of urea groups is 1. The van der Waals surface area contributed by atoms with E-state index in [1.54, 1.807) is 13.8 Å². The second-order valence-electron chi connectivity index (χ2n) is 6.19. The molecule has 0 saturated carbocycles. The van der Waals surface area contributed by atoms with E-state index in [0.29, 0.717) is 5.56 Å². The van der Waals surface area contributed by atoms with Crippen LogP contribution in [0.3, 0.4) is 0 Å². The van der Waals surface area contributed by atoms with E-state index in [0.717, 1.165) is 17.4 Å². The van der Waals surface area contributed by atoms with Gasteiger partial charge in [-0.15, -0.1) is 0 Å². The van der Waals surface area contributed by atoms with Crippen molar-refractivity contribution in [2.45, 2.75) is 13.8 Å². The van der Waals surface area contributed by atoms with Crippen LogP contribution in [0.5, 0.6) is 11.5 Å². The molecule has 0 aromatic heterocycles. The molecule has 30 heavy (non-hydrogen) atoms. The molecule has 0 aliphatic heterocycles. The molecule has 0 saturated heterocycles. The number of rotatable bonds is 4. The van der Waals surface area contributed by atoms with E-state index >= 15 is 0 Å². The van der Waals surface area contributed by atoms with Gasteiger partial charge in [-0.3, -0.25) is 0 Å². The minimum atomic E-state index is -0.581. The first-order valence-electron chi connectivity index (χ1n) is 9.28. The number of phenolic OH excluding ortho intramolecular Hbond substituents is 2. The average molecular weight is 408 g/mol. The summed E-state index contributed by atoms with van der Waals surface area (Å²) in [6.07, 6.45) is 0. The van der Waals surface area contributed by atoms with Gasteiger partial charge in [0.05, 0.1) is 6.61 Å². The van der Waals surface area contributed by atoms with Crippen LogP contribution in [0, 0.1) is 6.92 Å². The average Bonchev–Trinajstić information content (AvgIpc) is 2.69. The van der Waals surface area contributed by atoms with Crippen molar-refractivity contribution in [3.05, 3.63) is 83.9 Å². The number of carbonyl (C=O) groups is 2. The second kappa shape index (κ2) is 11.1. The summed E-state index contributed by atoms with van der Waals surface area (Å²) < 4.78 is 4.75. The molecule has 0 aliphatic carbocycles. The largest absolute Gasteiger partial charge is 0.508 e. The standard InChI is InChI=1S/C13H12N2O.C10H12O4/c16-13(14-11-7-3-1-4-8-11)15-12-9-5-2-6-10-12;1-3-14-10(13)9-6(2)4-7(11)5-8(9)12/h1-10H,(H2,14,15,16);4-5,11-12H,3H2,1-2H3. The van der Waals surface area contributed by atoms with Crippen LogP contribution in [0.4, 0.5) is 16.2 Å². The Morgan fingerprint density at radius 1 is 0.867 bits per heavy atom. The number of carbonyl (C=O) groups excluding carboxylic acids is 2. The third kappa shape index (κ3) is 6.87. The number of phenols is 2. The summed E-state index contributed by atoms with van der Waals surface area (Å²) in [5, 5.41) is 24.0. The van der Waals surface area contributed by atoms with Crippen LogP contribution >= 0.6 is 0 Å². The molecular weight excluding hydrogens is 384 g/mol. The van der Waals surface area contributed by atoms with Crippen molar-refractivity contribution in [3.8, 4) is 11.5 Å². The summed E-state index contributed by atoms with van der Waals surface area (Å²) in [6.45, 7) is 3.55. The van der Waals surface area contributed by atoms with Crippen molar-refractivity contribution >= 4 is 23.4 Å². The van der Waals surface area contributed by atoms with Crippen LogP contribution < -0.4 is 10.6 Å². The lowest BCUT2D eigenvalue weighted by atomic mass is 10.1. The Labute approximate surface area is 175 Å². The highest BCUT2D eigenvalue weighted by molar-refractivity contribution is 5.99. The van der Waals surface area contributed by atoms with E-state index in [1.165, 1.54) is 6.07 Å². The van der Waals surface area contributed by atoms with Crippen molar-refractivity contribution in [1.29, 1.82) is 0 Å². The van der Waals surface area contributed by atoms with E-state index in [2.05, 4.69) is 10.6 Å². The number of nitrogens with one attached hydrogen (secondary N) is 2. The first-order chi connectivity index (χ1) is 14.4. The first-order valence-corrected chi connectivity index (χ1v) is 9.28. The maximum absolute atomic E-state index is 11.6. The number of aromatic hydroxyl groups is 2. The van der Waals surface area contributed by atoms with Crippen molar-refractivity contribution in [1.82, 2.24) is 0 Å². The van der Waals surface area contributed by atoms with Gasteiger partial charge in [0.2, 0.25) is 0 Å². The Morgan fingerprint density at radius 3 is 1.80 bits per heavy atom. The van der Waals surface area contributed by atoms with Crippen molar-refractivity contribution < 1.29 is 24.5 Å². The Kier molecular flexibility index (Phi) is 8.26. The maximum atomic E-state index is 11.6. The van der Waals surface area contributed by atoms with Crippen LogP contribution in [0.15, 0.2) is 72.8 Å². The van der Waals surface area contributed by atoms with Crippen LogP contribution in [-0.4, -0.2) is 28.8 Å². The van der Waals surface area contributed by atoms with Gasteiger partial charge in [0.15, 0.2) is 0 Å². The van der Waals surface area contributed by atoms with Crippen LogP contribution in [-0.2, 0) is 4.74 Å². The molecule has 7 nitrogen and oxygen atoms in total. The number of anilines is 2. The highest BCUT2D eigenvalue weighted by Crippen LogP contribution is 2.27. The minimum absolute atomic E-state index is 0.0759. The molecule has 0 aliphatic rings. The third-order valence-corrected chi connectivity index (χ3v) is 3.84. The quantitative estimate of drug-likeness (QED) is 0.459. The summed E-state index contributed by atoms with van der Waals surface area (Å²) in [7, 11) is 0. The number of hydrogen-bond acceptors (Lipinski definition) is 5. The molecule has 3 aromatic carbocycles. The zero-order valence-corrected chi connectivity index (χ0v) is 16.8. The molecule has 0 radical (unpaired) electrons. The summed E-state index contributed by atoms with van der Waals surface area (Å²) in [4.78, 5) is 22.9. The van der Waals surface area contributed by atoms with E-state index in [1.807, 2.05) is 60.7 Å². The van der Waals surface area contributed by atoms with Gasteiger partial charge in [-0.25, -0.2) is 9.59 Å². The van der Waals surface area contributed by atoms with Gasteiger partial charge in [-0.05, 0) is 49.7 Å². The number of benzene rings is 3. The minimum Gasteiger partial charge on any atom is -0.508 e. The smallest absolute Gasteiger partial charge is 0.342 e. The van der Waals surface area contributed by atoms with Gasteiger partial charge in [-0.2, -0.15) is 0 Å². The third-order valence-electron chi connectivity index (χ3n) is 3.84. The lowest BCUT2D eigenvalue weighted by Gasteiger charge is -2.07. The highest BCUT2D eigenvalue weighted by Gasteiger charge is 2.16. The summed E-state index contributed by atoms with van der Waals surface area (Å²) in [5.74, 6) is -0.920. The number of amides is 2. The predicted molar refractivity (Wildman–Crippen MR) is 116 cm³/mol. The van der Waals surface area contributed by atoms with Gasteiger partial charge in [0, 0.05) is 17.4 Å². The van der Waals surface area contributed by atoms with Gasteiger partial charge in [0.1, 0.15) is 17.1 Å². The fraction of sp³-hybridized carbons (Fsp3) is 0.130. The Hall–Kier alpha value is -4.00. The Morgan fingerprint density at radius 2 is 1.37 bits per heavy atom. The van der Waals surface area contributed by atoms with Crippen molar-refractivity contribution in [2.24, 2.45) is 0 Å². The Bertz CT molecular complexity index is 909. The lowest BCUT2D eigenvalue weighted by Crippen LogP contribution is -2.19. The van der Waals surface area contributed by atoms with E-state index in [-0.39, 0.29) is 29.7 Å². The molecule has 0 unspecified atom stereocenters. The molecule has 0 atom stereocenters. The molecule has 2 amide bonds. The van der Waals surface area contributed by atoms with Crippen molar-refractivity contribution in [2.75, 3.05) is 17.2 Å². The summed E-state index contributed by atoms with van der Waals surface area (Å²) in [5.41, 5.74) is 2.14. The topological polar surface area (TPSA) is 108 Å². The van der Waals surface area contributed by atoms with Crippen LogP contribution in [0.1, 0.15) is 22.8 Å². The summed E-state index contributed by atoms with van der Waals surface area (Å²) >= 11 is 0. The molecule has 0 bridgehead atoms. The molecule has 3 rings (SSSR count). The molecule has 0 spiro atoms. The zero-order chi connectivity index (χ0) is 21.9. The molecule has 156 valence electrons. The fourth-order valence-corrected chi connectivity index (χ4v) is 2.56. The number of esters is 1. The van der Waals surface area contributed by atoms with E-state index < -0.39 is 5.97 Å². The zero-order valence-electron chi connectivity index (χ0n) is 16.8. The normalized spacial score (nSPS) is 9.67. The van der Waals surface area contributed by atoms with Crippen LogP contribution in [0.2, 0.25) is 0 Å². The number of aryl methyl sites for hydroxylation is 1. The van der Waals surface area contributed by atoms with Gasteiger partial charge in [-0.1, -0.05) is 36.4 Å². The lowest BCUT2D eigenvalue weighted by molar-refractivity contribution is 0.0522. The number of ether oxygens (including phenoxy) is 1. The molecular formula is C23H24N2O5. The predicted octanol–water partition coefficient (Wildman–Crippen LogP) is 4.91. The first kappa shape index (κ1) is 22.3. The monoisotopic (exact) mass is 408 g/mol. The fourth-order valence-electron chi connectivity index (χ4n) is 2.56. The summed E-state index contributed by atoms with van der Waals surface area (Å²) in [6, 6.07) is 20.9. The second-order valence-corrected chi connectivity index (χ2v) is 6.19. The molecule has 4 N–H and O–H groups in total.